The Labute approximate surface area is 107 Å². The molecule has 2 unspecified atom stereocenters. The maximum atomic E-state index is 2.72. The molecule has 1 heterocycles. The molecule has 0 radical (unpaired) electrons. The van der Waals surface area contributed by atoms with Gasteiger partial charge in [-0.3, -0.25) is 0 Å². The van der Waals surface area contributed by atoms with Gasteiger partial charge in [-0.25, -0.2) is 0 Å². The monoisotopic (exact) mass is 238 g/mol. The summed E-state index contributed by atoms with van der Waals surface area (Å²) in [5.41, 5.74) is 0.718. The minimum absolute atomic E-state index is 0.718. The summed E-state index contributed by atoms with van der Waals surface area (Å²) < 4.78 is 0. The lowest BCUT2D eigenvalue weighted by Crippen LogP contribution is -2.32. The van der Waals surface area contributed by atoms with Gasteiger partial charge in [-0.2, -0.15) is 0 Å². The maximum absolute atomic E-state index is 2.72. The average molecular weight is 238 g/mol. The van der Waals surface area contributed by atoms with Crippen LogP contribution >= 0.6 is 0 Å². The fourth-order valence-electron chi connectivity index (χ4n) is 3.97. The molecule has 2 heteroatoms. The van der Waals surface area contributed by atoms with Crippen molar-refractivity contribution in [3.05, 3.63) is 0 Å². The zero-order valence-electron chi connectivity index (χ0n) is 12.0. The van der Waals surface area contributed by atoms with E-state index in [2.05, 4.69) is 30.8 Å². The first-order chi connectivity index (χ1) is 8.10. The number of likely N-dealkylation sites (tertiary alicyclic amines) is 1. The molecule has 2 rings (SSSR count). The summed E-state index contributed by atoms with van der Waals surface area (Å²) in [5, 5.41) is 0. The molecule has 1 aliphatic heterocycles. The molecule has 0 bridgehead atoms. The predicted octanol–water partition coefficient (Wildman–Crippen LogP) is 2.84. The zero-order valence-corrected chi connectivity index (χ0v) is 12.0. The van der Waals surface area contributed by atoms with E-state index in [0.717, 1.165) is 11.3 Å². The average Bonchev–Trinajstić information content (AvgIpc) is 2.60. The van der Waals surface area contributed by atoms with Crippen molar-refractivity contribution in [3.63, 3.8) is 0 Å². The molecule has 1 saturated carbocycles. The van der Waals surface area contributed by atoms with E-state index >= 15 is 0 Å². The molecule has 0 N–H and O–H groups in total. The lowest BCUT2D eigenvalue weighted by molar-refractivity contribution is 0.147. The Hall–Kier alpha value is -0.0800. The van der Waals surface area contributed by atoms with Crippen LogP contribution in [0.5, 0.6) is 0 Å². The van der Waals surface area contributed by atoms with Gasteiger partial charge < -0.3 is 9.80 Å². The Bertz CT molecular complexity index is 239. The van der Waals surface area contributed by atoms with Gasteiger partial charge in [-0.15, -0.1) is 0 Å². The molecule has 0 aromatic carbocycles. The second kappa shape index (κ2) is 5.71. The van der Waals surface area contributed by atoms with E-state index in [1.165, 1.54) is 64.7 Å². The molecular weight excluding hydrogens is 208 g/mol. The molecule has 2 fully saturated rings. The number of rotatable bonds is 4. The van der Waals surface area contributed by atoms with Crippen LogP contribution in [0.4, 0.5) is 0 Å². The summed E-state index contributed by atoms with van der Waals surface area (Å²) in [6, 6.07) is 0. The number of nitrogens with zero attached hydrogens (tertiary/aromatic N) is 2. The normalized spacial score (nSPS) is 34.9. The van der Waals surface area contributed by atoms with Crippen LogP contribution in [0.25, 0.3) is 0 Å². The fourth-order valence-corrected chi connectivity index (χ4v) is 3.97. The third-order valence-corrected chi connectivity index (χ3v) is 4.78. The molecule has 2 nitrogen and oxygen atoms in total. The van der Waals surface area contributed by atoms with Crippen molar-refractivity contribution in [2.24, 2.45) is 11.3 Å². The Morgan fingerprint density at radius 1 is 1.29 bits per heavy atom. The Kier molecular flexibility index (Phi) is 4.48. The van der Waals surface area contributed by atoms with E-state index in [1.807, 2.05) is 0 Å². The zero-order chi connectivity index (χ0) is 12.3. The van der Waals surface area contributed by atoms with E-state index in [9.17, 15) is 0 Å². The van der Waals surface area contributed by atoms with Crippen LogP contribution < -0.4 is 0 Å². The third kappa shape index (κ3) is 3.69. The minimum atomic E-state index is 0.718. The highest BCUT2D eigenvalue weighted by molar-refractivity contribution is 4.93. The molecular formula is C15H30N2. The summed E-state index contributed by atoms with van der Waals surface area (Å²) in [6.07, 6.45) is 8.76. The van der Waals surface area contributed by atoms with E-state index in [4.69, 9.17) is 0 Å². The lowest BCUT2D eigenvalue weighted by Gasteiger charge is -2.37. The van der Waals surface area contributed by atoms with Gasteiger partial charge in [0.15, 0.2) is 0 Å². The summed E-state index contributed by atoms with van der Waals surface area (Å²) in [5.74, 6) is 0.977. The minimum Gasteiger partial charge on any atom is -0.309 e. The van der Waals surface area contributed by atoms with Gasteiger partial charge in [0, 0.05) is 6.54 Å². The molecule has 100 valence electrons. The molecule has 0 aromatic heterocycles. The highest BCUT2D eigenvalue weighted by Gasteiger charge is 2.40. The van der Waals surface area contributed by atoms with Crippen molar-refractivity contribution in [2.45, 2.75) is 45.4 Å². The second-order valence-electron chi connectivity index (χ2n) is 6.88. The van der Waals surface area contributed by atoms with Crippen molar-refractivity contribution < 1.29 is 0 Å². The van der Waals surface area contributed by atoms with E-state index in [1.54, 1.807) is 0 Å². The van der Waals surface area contributed by atoms with Gasteiger partial charge in [0.25, 0.3) is 0 Å². The largest absolute Gasteiger partial charge is 0.309 e. The fraction of sp³-hybridized carbons (Fsp3) is 1.00. The van der Waals surface area contributed by atoms with Crippen molar-refractivity contribution in [2.75, 3.05) is 40.3 Å². The third-order valence-electron chi connectivity index (χ3n) is 4.78. The van der Waals surface area contributed by atoms with Crippen molar-refractivity contribution in [3.8, 4) is 0 Å². The lowest BCUT2D eigenvalue weighted by atomic mass is 9.70. The summed E-state index contributed by atoms with van der Waals surface area (Å²) in [6.45, 7) is 7.76. The van der Waals surface area contributed by atoms with Crippen LogP contribution in [-0.2, 0) is 0 Å². The first-order valence-corrected chi connectivity index (χ1v) is 7.47. The van der Waals surface area contributed by atoms with Crippen LogP contribution in [0.15, 0.2) is 0 Å². The molecule has 1 spiro atoms. The van der Waals surface area contributed by atoms with Crippen LogP contribution in [-0.4, -0.2) is 50.1 Å². The van der Waals surface area contributed by atoms with Crippen molar-refractivity contribution >= 4 is 0 Å². The van der Waals surface area contributed by atoms with Gasteiger partial charge in [0.1, 0.15) is 0 Å². The molecule has 1 saturated heterocycles. The predicted molar refractivity (Wildman–Crippen MR) is 74.3 cm³/mol. The molecule has 2 aliphatic rings. The highest BCUT2D eigenvalue weighted by atomic mass is 15.2. The van der Waals surface area contributed by atoms with Crippen molar-refractivity contribution in [1.82, 2.24) is 9.80 Å². The van der Waals surface area contributed by atoms with Gasteiger partial charge in [0.2, 0.25) is 0 Å². The standard InChI is InChI=1S/C15H30N2/c1-14-6-4-7-15(12-14)8-11-17(13-15)10-5-9-16(2)3/h14H,4-13H2,1-3H3. The van der Waals surface area contributed by atoms with E-state index < -0.39 is 0 Å². The van der Waals surface area contributed by atoms with Crippen LogP contribution in [0.1, 0.15) is 45.4 Å². The first kappa shape index (κ1) is 13.4. The van der Waals surface area contributed by atoms with Gasteiger partial charge in [0.05, 0.1) is 0 Å². The molecule has 17 heavy (non-hydrogen) atoms. The number of hydrogen-bond acceptors (Lipinski definition) is 2. The van der Waals surface area contributed by atoms with Crippen molar-refractivity contribution in [1.29, 1.82) is 0 Å². The van der Waals surface area contributed by atoms with Crippen LogP contribution in [0.2, 0.25) is 0 Å². The molecule has 2 atom stereocenters. The van der Waals surface area contributed by atoms with E-state index in [-0.39, 0.29) is 0 Å². The summed E-state index contributed by atoms with van der Waals surface area (Å²) in [4.78, 5) is 5.02. The van der Waals surface area contributed by atoms with Crippen LogP contribution in [0, 0.1) is 11.3 Å². The Morgan fingerprint density at radius 3 is 2.82 bits per heavy atom. The maximum Gasteiger partial charge on any atom is 0.00386 e. The SMILES string of the molecule is CC1CCCC2(CCN(CCCN(C)C)C2)C1. The Balaban J connectivity index is 1.74. The first-order valence-electron chi connectivity index (χ1n) is 7.47. The topological polar surface area (TPSA) is 6.48 Å². The van der Waals surface area contributed by atoms with Gasteiger partial charge >= 0.3 is 0 Å². The van der Waals surface area contributed by atoms with Gasteiger partial charge in [-0.1, -0.05) is 19.8 Å². The highest BCUT2D eigenvalue weighted by Crippen LogP contribution is 2.45. The molecule has 0 aromatic rings. The van der Waals surface area contributed by atoms with Gasteiger partial charge in [-0.05, 0) is 70.7 Å². The Morgan fingerprint density at radius 2 is 2.12 bits per heavy atom. The van der Waals surface area contributed by atoms with Crippen LogP contribution in [0.3, 0.4) is 0 Å². The smallest absolute Gasteiger partial charge is 0.00386 e. The summed E-state index contributed by atoms with van der Waals surface area (Å²) >= 11 is 0. The summed E-state index contributed by atoms with van der Waals surface area (Å²) in [7, 11) is 4.35. The molecule has 0 amide bonds. The quantitative estimate of drug-likeness (QED) is 0.743. The number of hydrogen-bond donors (Lipinski definition) is 0. The second-order valence-corrected chi connectivity index (χ2v) is 6.88. The molecule has 1 aliphatic carbocycles. The van der Waals surface area contributed by atoms with E-state index in [0.29, 0.717) is 0 Å².